The minimum atomic E-state index is -0.190. The fourth-order valence-corrected chi connectivity index (χ4v) is 1.78. The van der Waals surface area contributed by atoms with Gasteiger partial charge in [-0.1, -0.05) is 18.2 Å². The molecule has 0 saturated heterocycles. The van der Waals surface area contributed by atoms with E-state index >= 15 is 0 Å². The molecule has 1 heterocycles. The molecule has 92 valence electrons. The molecule has 0 bridgehead atoms. The third kappa shape index (κ3) is 2.11. The first-order chi connectivity index (χ1) is 8.74. The van der Waals surface area contributed by atoms with Gasteiger partial charge in [-0.05, 0) is 31.4 Å². The second-order valence-corrected chi connectivity index (χ2v) is 4.55. The molecule has 1 amide bonds. The van der Waals surface area contributed by atoms with E-state index in [1.807, 2.05) is 31.2 Å². The Bertz CT molecular complexity index is 586. The summed E-state index contributed by atoms with van der Waals surface area (Å²) in [6.07, 6.45) is 3.69. The highest BCUT2D eigenvalue weighted by molar-refractivity contribution is 5.90. The summed E-state index contributed by atoms with van der Waals surface area (Å²) >= 11 is 0. The monoisotopic (exact) mass is 242 g/mol. The molecule has 1 saturated carbocycles. The molecular formula is C13H14N4O. The van der Waals surface area contributed by atoms with Crippen LogP contribution in [0.5, 0.6) is 0 Å². The Hall–Kier alpha value is -2.17. The largest absolute Gasteiger partial charge is 0.347 e. The smallest absolute Gasteiger partial charge is 0.291 e. The molecule has 3 rings (SSSR count). The summed E-state index contributed by atoms with van der Waals surface area (Å²) < 4.78 is 1.64. The van der Waals surface area contributed by atoms with Gasteiger partial charge in [-0.15, -0.1) is 5.10 Å². The van der Waals surface area contributed by atoms with Crippen LogP contribution in [0.2, 0.25) is 0 Å². The lowest BCUT2D eigenvalue weighted by Crippen LogP contribution is -2.26. The molecule has 1 aromatic heterocycles. The zero-order chi connectivity index (χ0) is 12.5. The van der Waals surface area contributed by atoms with E-state index < -0.39 is 0 Å². The van der Waals surface area contributed by atoms with E-state index in [1.165, 1.54) is 0 Å². The van der Waals surface area contributed by atoms with Crippen molar-refractivity contribution in [2.24, 2.45) is 0 Å². The molecule has 5 nitrogen and oxygen atoms in total. The van der Waals surface area contributed by atoms with E-state index in [0.717, 1.165) is 24.1 Å². The third-order valence-corrected chi connectivity index (χ3v) is 2.97. The highest BCUT2D eigenvalue weighted by atomic mass is 16.2. The zero-order valence-corrected chi connectivity index (χ0v) is 10.1. The lowest BCUT2D eigenvalue weighted by Gasteiger charge is -2.03. The summed E-state index contributed by atoms with van der Waals surface area (Å²) in [6.45, 7) is 2.00. The van der Waals surface area contributed by atoms with Gasteiger partial charge in [0.25, 0.3) is 5.91 Å². The Labute approximate surface area is 105 Å². The van der Waals surface area contributed by atoms with Gasteiger partial charge in [0.1, 0.15) is 6.33 Å². The van der Waals surface area contributed by atoms with Gasteiger partial charge in [-0.3, -0.25) is 4.79 Å². The Morgan fingerprint density at radius 2 is 2.17 bits per heavy atom. The maximum atomic E-state index is 11.8. The van der Waals surface area contributed by atoms with Crippen molar-refractivity contribution < 1.29 is 4.79 Å². The Balaban J connectivity index is 1.84. The molecule has 18 heavy (non-hydrogen) atoms. The van der Waals surface area contributed by atoms with Crippen LogP contribution in [0.25, 0.3) is 5.69 Å². The van der Waals surface area contributed by atoms with Crippen molar-refractivity contribution in [3.63, 3.8) is 0 Å². The molecule has 5 heteroatoms. The fraction of sp³-hybridized carbons (Fsp3) is 0.308. The van der Waals surface area contributed by atoms with Gasteiger partial charge in [0.15, 0.2) is 0 Å². The van der Waals surface area contributed by atoms with Crippen LogP contribution in [0.1, 0.15) is 29.0 Å². The van der Waals surface area contributed by atoms with Crippen molar-refractivity contribution >= 4 is 5.91 Å². The van der Waals surface area contributed by atoms with Crippen molar-refractivity contribution in [2.45, 2.75) is 25.8 Å². The maximum Gasteiger partial charge on any atom is 0.291 e. The van der Waals surface area contributed by atoms with E-state index in [4.69, 9.17) is 0 Å². The van der Waals surface area contributed by atoms with Gasteiger partial charge in [0.2, 0.25) is 5.82 Å². The highest BCUT2D eigenvalue weighted by Crippen LogP contribution is 2.19. The number of nitrogens with zero attached hydrogens (tertiary/aromatic N) is 3. The summed E-state index contributed by atoms with van der Waals surface area (Å²) in [6, 6.07) is 8.18. The first-order valence-corrected chi connectivity index (χ1v) is 6.02. The SMILES string of the molecule is Cc1ccccc1-n1cnc(C(=O)NC2CC2)n1. The Morgan fingerprint density at radius 3 is 2.89 bits per heavy atom. The molecule has 1 aliphatic rings. The molecule has 0 spiro atoms. The molecule has 0 radical (unpaired) electrons. The summed E-state index contributed by atoms with van der Waals surface area (Å²) in [5.41, 5.74) is 2.03. The lowest BCUT2D eigenvalue weighted by atomic mass is 10.2. The number of carbonyl (C=O) groups is 1. The third-order valence-electron chi connectivity index (χ3n) is 2.97. The van der Waals surface area contributed by atoms with Gasteiger partial charge in [-0.25, -0.2) is 9.67 Å². The van der Waals surface area contributed by atoms with E-state index in [1.54, 1.807) is 11.0 Å². The molecule has 1 N–H and O–H groups in total. The Morgan fingerprint density at radius 1 is 1.39 bits per heavy atom. The topological polar surface area (TPSA) is 59.8 Å². The summed E-state index contributed by atoms with van der Waals surface area (Å²) in [4.78, 5) is 15.8. The second kappa shape index (κ2) is 4.25. The van der Waals surface area contributed by atoms with Crippen molar-refractivity contribution in [1.29, 1.82) is 0 Å². The van der Waals surface area contributed by atoms with Crippen LogP contribution in [0.15, 0.2) is 30.6 Å². The van der Waals surface area contributed by atoms with Gasteiger partial charge >= 0.3 is 0 Å². The minimum absolute atomic E-state index is 0.190. The van der Waals surface area contributed by atoms with E-state index in [2.05, 4.69) is 15.4 Å². The molecular weight excluding hydrogens is 228 g/mol. The van der Waals surface area contributed by atoms with E-state index in [9.17, 15) is 4.79 Å². The van der Waals surface area contributed by atoms with Crippen LogP contribution >= 0.6 is 0 Å². The van der Waals surface area contributed by atoms with Gasteiger partial charge in [0.05, 0.1) is 5.69 Å². The van der Waals surface area contributed by atoms with Crippen LogP contribution in [0, 0.1) is 6.92 Å². The van der Waals surface area contributed by atoms with Crippen molar-refractivity contribution in [1.82, 2.24) is 20.1 Å². The first-order valence-electron chi connectivity index (χ1n) is 6.02. The van der Waals surface area contributed by atoms with E-state index in [-0.39, 0.29) is 11.7 Å². The molecule has 0 atom stereocenters. The second-order valence-electron chi connectivity index (χ2n) is 4.55. The van der Waals surface area contributed by atoms with Crippen molar-refractivity contribution in [3.8, 4) is 5.69 Å². The maximum absolute atomic E-state index is 11.8. The minimum Gasteiger partial charge on any atom is -0.347 e. The van der Waals surface area contributed by atoms with Crippen LogP contribution in [0.3, 0.4) is 0 Å². The fourth-order valence-electron chi connectivity index (χ4n) is 1.78. The van der Waals surface area contributed by atoms with Gasteiger partial charge < -0.3 is 5.32 Å². The molecule has 0 aliphatic heterocycles. The number of amides is 1. The van der Waals surface area contributed by atoms with Crippen molar-refractivity contribution in [2.75, 3.05) is 0 Å². The van der Waals surface area contributed by atoms with Gasteiger partial charge in [-0.2, -0.15) is 0 Å². The number of hydrogen-bond acceptors (Lipinski definition) is 3. The van der Waals surface area contributed by atoms with Crippen molar-refractivity contribution in [3.05, 3.63) is 42.0 Å². The predicted molar refractivity (Wildman–Crippen MR) is 66.6 cm³/mol. The van der Waals surface area contributed by atoms with E-state index in [0.29, 0.717) is 6.04 Å². The number of carbonyl (C=O) groups excluding carboxylic acids is 1. The zero-order valence-electron chi connectivity index (χ0n) is 10.1. The number of aromatic nitrogens is 3. The highest BCUT2D eigenvalue weighted by Gasteiger charge is 2.25. The number of rotatable bonds is 3. The predicted octanol–water partition coefficient (Wildman–Crippen LogP) is 1.47. The average molecular weight is 242 g/mol. The van der Waals surface area contributed by atoms with Crippen LogP contribution in [-0.2, 0) is 0 Å². The standard InChI is InChI=1S/C13H14N4O/c1-9-4-2-3-5-11(9)17-8-14-12(16-17)13(18)15-10-6-7-10/h2-5,8,10H,6-7H2,1H3,(H,15,18). The van der Waals surface area contributed by atoms with Crippen LogP contribution in [0.4, 0.5) is 0 Å². The first kappa shape index (κ1) is 11.0. The number of aryl methyl sites for hydroxylation is 1. The summed E-state index contributed by atoms with van der Waals surface area (Å²) in [5.74, 6) is 0.0370. The number of para-hydroxylation sites is 1. The normalized spacial score (nSPS) is 14.5. The quantitative estimate of drug-likeness (QED) is 0.886. The molecule has 1 fully saturated rings. The number of benzene rings is 1. The molecule has 1 aliphatic carbocycles. The van der Waals surface area contributed by atoms with Crippen LogP contribution < -0.4 is 5.32 Å². The Kier molecular flexibility index (Phi) is 2.59. The number of hydrogen-bond donors (Lipinski definition) is 1. The average Bonchev–Trinajstić information content (AvgIpc) is 3.04. The number of nitrogens with one attached hydrogen (secondary N) is 1. The van der Waals surface area contributed by atoms with Crippen LogP contribution in [-0.4, -0.2) is 26.7 Å². The summed E-state index contributed by atoms with van der Waals surface area (Å²) in [5, 5.41) is 7.09. The molecule has 1 aromatic carbocycles. The van der Waals surface area contributed by atoms with Gasteiger partial charge in [0, 0.05) is 6.04 Å². The lowest BCUT2D eigenvalue weighted by molar-refractivity contribution is 0.0941. The molecule has 0 unspecified atom stereocenters. The molecule has 2 aromatic rings. The summed E-state index contributed by atoms with van der Waals surface area (Å²) in [7, 11) is 0.